The summed E-state index contributed by atoms with van der Waals surface area (Å²) in [6, 6.07) is 19.7. The smallest absolute Gasteiger partial charge is 0.261 e. The lowest BCUT2D eigenvalue weighted by Gasteiger charge is -2.13. The van der Waals surface area contributed by atoms with E-state index in [1.165, 1.54) is 18.2 Å². The number of amides is 1. The van der Waals surface area contributed by atoms with Gasteiger partial charge in [0.1, 0.15) is 0 Å². The number of nitrogens with one attached hydrogen (secondary N) is 2. The first-order valence-electron chi connectivity index (χ1n) is 8.59. The third-order valence-electron chi connectivity index (χ3n) is 4.12. The van der Waals surface area contributed by atoms with Crippen molar-refractivity contribution in [1.29, 1.82) is 0 Å². The second kappa shape index (κ2) is 8.24. The highest BCUT2D eigenvalue weighted by Gasteiger charge is 2.19. The number of carbonyl (C=O) groups excluding carboxylic acids is 1. The van der Waals surface area contributed by atoms with Crippen molar-refractivity contribution < 1.29 is 18.3 Å². The van der Waals surface area contributed by atoms with Gasteiger partial charge in [-0.15, -0.1) is 0 Å². The maximum atomic E-state index is 12.7. The summed E-state index contributed by atoms with van der Waals surface area (Å²) in [7, 11) is -3.92. The molecule has 0 aliphatic carbocycles. The largest absolute Gasteiger partial charge is 0.392 e. The summed E-state index contributed by atoms with van der Waals surface area (Å²) in [5.74, 6) is -0.425. The molecule has 0 atom stereocenters. The molecule has 0 saturated heterocycles. The first kappa shape index (κ1) is 19.6. The molecule has 1 amide bonds. The van der Waals surface area contributed by atoms with E-state index in [0.29, 0.717) is 11.3 Å². The fourth-order valence-electron chi connectivity index (χ4n) is 2.62. The summed E-state index contributed by atoms with van der Waals surface area (Å²) < 4.78 is 27.9. The van der Waals surface area contributed by atoms with E-state index in [0.717, 1.165) is 5.56 Å². The Morgan fingerprint density at radius 1 is 0.964 bits per heavy atom. The molecule has 0 saturated carbocycles. The third kappa shape index (κ3) is 4.57. The van der Waals surface area contributed by atoms with Crippen LogP contribution in [0.5, 0.6) is 0 Å². The van der Waals surface area contributed by atoms with Gasteiger partial charge in [0.05, 0.1) is 22.8 Å². The standard InChI is InChI=1S/C21H20N2O4S/c1-15-9-11-17(12-10-15)22-21(25)19-7-2-3-8-20(19)23-28(26,27)18-6-4-5-16(13-18)14-24/h2-13,23-24H,14H2,1H3,(H,22,25). The van der Waals surface area contributed by atoms with E-state index in [-0.39, 0.29) is 22.8 Å². The van der Waals surface area contributed by atoms with Crippen LogP contribution in [0.2, 0.25) is 0 Å². The molecule has 144 valence electrons. The highest BCUT2D eigenvalue weighted by atomic mass is 32.2. The summed E-state index contributed by atoms with van der Waals surface area (Å²) in [4.78, 5) is 12.7. The summed E-state index contributed by atoms with van der Waals surface area (Å²) in [5, 5.41) is 12.0. The average molecular weight is 396 g/mol. The molecule has 0 fully saturated rings. The first-order valence-corrected chi connectivity index (χ1v) is 10.1. The number of aliphatic hydroxyl groups excluding tert-OH is 1. The van der Waals surface area contributed by atoms with Gasteiger partial charge in [-0.05, 0) is 48.9 Å². The predicted octanol–water partition coefficient (Wildman–Crippen LogP) is 3.54. The molecule has 0 aliphatic heterocycles. The van der Waals surface area contributed by atoms with Crippen LogP contribution in [0.4, 0.5) is 11.4 Å². The molecule has 3 aromatic carbocycles. The quantitative estimate of drug-likeness (QED) is 0.594. The number of hydrogen-bond donors (Lipinski definition) is 3. The van der Waals surface area contributed by atoms with Crippen LogP contribution in [0, 0.1) is 6.92 Å². The molecule has 7 heteroatoms. The Kier molecular flexibility index (Phi) is 5.77. The van der Waals surface area contributed by atoms with Crippen LogP contribution in [0.1, 0.15) is 21.5 Å². The molecule has 0 spiro atoms. The topological polar surface area (TPSA) is 95.5 Å². The zero-order chi connectivity index (χ0) is 20.1. The Bertz CT molecular complexity index is 1090. The molecule has 3 aromatic rings. The zero-order valence-corrected chi connectivity index (χ0v) is 16.0. The van der Waals surface area contributed by atoms with Gasteiger partial charge < -0.3 is 10.4 Å². The van der Waals surface area contributed by atoms with E-state index in [1.807, 2.05) is 19.1 Å². The summed E-state index contributed by atoms with van der Waals surface area (Å²) in [6.45, 7) is 1.68. The molecule has 28 heavy (non-hydrogen) atoms. The molecule has 3 N–H and O–H groups in total. The molecule has 0 heterocycles. The number of carbonyl (C=O) groups is 1. The average Bonchev–Trinajstić information content (AvgIpc) is 2.70. The molecule has 6 nitrogen and oxygen atoms in total. The molecule has 0 unspecified atom stereocenters. The van der Waals surface area contributed by atoms with Crippen LogP contribution in [-0.4, -0.2) is 19.4 Å². The normalized spacial score (nSPS) is 11.1. The highest BCUT2D eigenvalue weighted by molar-refractivity contribution is 7.92. The van der Waals surface area contributed by atoms with Crippen molar-refractivity contribution in [2.45, 2.75) is 18.4 Å². The Morgan fingerprint density at radius 2 is 1.68 bits per heavy atom. The van der Waals surface area contributed by atoms with E-state index in [1.54, 1.807) is 42.5 Å². The van der Waals surface area contributed by atoms with E-state index in [4.69, 9.17) is 0 Å². The van der Waals surface area contributed by atoms with Crippen molar-refractivity contribution in [2.24, 2.45) is 0 Å². The van der Waals surface area contributed by atoms with Crippen molar-refractivity contribution in [1.82, 2.24) is 0 Å². The molecule has 3 rings (SSSR count). The Labute approximate surface area is 163 Å². The maximum Gasteiger partial charge on any atom is 0.261 e. The van der Waals surface area contributed by atoms with E-state index in [2.05, 4.69) is 10.0 Å². The van der Waals surface area contributed by atoms with Crippen molar-refractivity contribution in [2.75, 3.05) is 10.0 Å². The van der Waals surface area contributed by atoms with Gasteiger partial charge in [-0.2, -0.15) is 0 Å². The van der Waals surface area contributed by atoms with Gasteiger partial charge in [0.25, 0.3) is 15.9 Å². The van der Waals surface area contributed by atoms with Crippen LogP contribution in [0.3, 0.4) is 0 Å². The predicted molar refractivity (Wildman–Crippen MR) is 109 cm³/mol. The van der Waals surface area contributed by atoms with Crippen LogP contribution in [0.15, 0.2) is 77.7 Å². The lowest BCUT2D eigenvalue weighted by molar-refractivity contribution is 0.102. The highest BCUT2D eigenvalue weighted by Crippen LogP contribution is 2.22. The van der Waals surface area contributed by atoms with E-state index in [9.17, 15) is 18.3 Å². The zero-order valence-electron chi connectivity index (χ0n) is 15.2. The maximum absolute atomic E-state index is 12.7. The summed E-state index contributed by atoms with van der Waals surface area (Å²) in [5.41, 5.74) is 2.53. The van der Waals surface area contributed by atoms with Gasteiger partial charge >= 0.3 is 0 Å². The Morgan fingerprint density at radius 3 is 2.39 bits per heavy atom. The van der Waals surface area contributed by atoms with E-state index >= 15 is 0 Å². The Balaban J connectivity index is 1.87. The van der Waals surface area contributed by atoms with Gasteiger partial charge in [0.2, 0.25) is 0 Å². The molecule has 0 aromatic heterocycles. The van der Waals surface area contributed by atoms with Crippen LogP contribution < -0.4 is 10.0 Å². The van der Waals surface area contributed by atoms with E-state index < -0.39 is 15.9 Å². The van der Waals surface area contributed by atoms with Gasteiger partial charge in [0, 0.05) is 5.69 Å². The van der Waals surface area contributed by atoms with Crippen molar-refractivity contribution in [3.63, 3.8) is 0 Å². The first-order chi connectivity index (χ1) is 13.4. The monoisotopic (exact) mass is 396 g/mol. The lowest BCUT2D eigenvalue weighted by atomic mass is 10.1. The number of aliphatic hydroxyl groups is 1. The third-order valence-corrected chi connectivity index (χ3v) is 5.48. The summed E-state index contributed by atoms with van der Waals surface area (Å²) >= 11 is 0. The van der Waals surface area contributed by atoms with Crippen molar-refractivity contribution in [3.8, 4) is 0 Å². The second-order valence-corrected chi connectivity index (χ2v) is 7.96. The molecular formula is C21H20N2O4S. The fourth-order valence-corrected chi connectivity index (χ4v) is 3.77. The SMILES string of the molecule is Cc1ccc(NC(=O)c2ccccc2NS(=O)(=O)c2cccc(CO)c2)cc1. The van der Waals surface area contributed by atoms with Crippen molar-refractivity contribution in [3.05, 3.63) is 89.5 Å². The minimum atomic E-state index is -3.92. The minimum Gasteiger partial charge on any atom is -0.392 e. The van der Waals surface area contributed by atoms with Crippen LogP contribution in [-0.2, 0) is 16.6 Å². The summed E-state index contributed by atoms with van der Waals surface area (Å²) in [6.07, 6.45) is 0. The second-order valence-electron chi connectivity index (χ2n) is 6.28. The molecule has 0 radical (unpaired) electrons. The lowest BCUT2D eigenvalue weighted by Crippen LogP contribution is -2.18. The Hall–Kier alpha value is -3.16. The van der Waals surface area contributed by atoms with Crippen LogP contribution in [0.25, 0.3) is 0 Å². The number of rotatable bonds is 6. The molecular weight excluding hydrogens is 376 g/mol. The van der Waals surface area contributed by atoms with Gasteiger partial charge in [-0.3, -0.25) is 9.52 Å². The van der Waals surface area contributed by atoms with Crippen LogP contribution >= 0.6 is 0 Å². The molecule has 0 aliphatic rings. The van der Waals surface area contributed by atoms with Gasteiger partial charge in [0.15, 0.2) is 0 Å². The number of anilines is 2. The number of sulfonamides is 1. The number of benzene rings is 3. The minimum absolute atomic E-state index is 0.00722. The van der Waals surface area contributed by atoms with Crippen molar-refractivity contribution >= 4 is 27.3 Å². The fraction of sp³-hybridized carbons (Fsp3) is 0.0952. The number of aryl methyl sites for hydroxylation is 1. The van der Waals surface area contributed by atoms with Gasteiger partial charge in [-0.1, -0.05) is 42.0 Å². The number of para-hydroxylation sites is 1. The molecule has 0 bridgehead atoms. The number of hydrogen-bond acceptors (Lipinski definition) is 4. The van der Waals surface area contributed by atoms with Gasteiger partial charge in [-0.25, -0.2) is 8.42 Å².